The number of benzene rings is 2. The van der Waals surface area contributed by atoms with Gasteiger partial charge in [0.05, 0.1) is 12.3 Å². The number of nitrogens with two attached hydrogens (primary N) is 1. The van der Waals surface area contributed by atoms with E-state index in [-0.39, 0.29) is 10.8 Å². The van der Waals surface area contributed by atoms with Crippen LogP contribution >= 0.6 is 0 Å². The van der Waals surface area contributed by atoms with Gasteiger partial charge in [0.15, 0.2) is 0 Å². The van der Waals surface area contributed by atoms with E-state index in [0.717, 1.165) is 30.3 Å². The third-order valence-electron chi connectivity index (χ3n) is 7.66. The van der Waals surface area contributed by atoms with Crippen LogP contribution in [0, 0.1) is 11.3 Å². The van der Waals surface area contributed by atoms with Gasteiger partial charge in [-0.3, -0.25) is 4.79 Å². The van der Waals surface area contributed by atoms with E-state index in [1.165, 1.54) is 11.1 Å². The molecule has 1 saturated heterocycles. The molecule has 2 heterocycles. The van der Waals surface area contributed by atoms with Gasteiger partial charge in [0.2, 0.25) is 5.95 Å². The number of nitrogens with zero attached hydrogens (tertiary/aromatic N) is 3. The van der Waals surface area contributed by atoms with Crippen LogP contribution in [0.2, 0.25) is 0 Å². The summed E-state index contributed by atoms with van der Waals surface area (Å²) < 4.78 is 11.9. The average molecular weight is 501 g/mol. The van der Waals surface area contributed by atoms with Gasteiger partial charge < -0.3 is 20.1 Å². The first-order valence-corrected chi connectivity index (χ1v) is 13.0. The van der Waals surface area contributed by atoms with E-state index >= 15 is 0 Å². The molecule has 3 aromatic rings. The molecule has 1 aliphatic carbocycles. The van der Waals surface area contributed by atoms with Crippen molar-refractivity contribution < 1.29 is 14.3 Å². The third-order valence-corrected chi connectivity index (χ3v) is 7.66. The highest BCUT2D eigenvalue weighted by Crippen LogP contribution is 2.46. The lowest BCUT2D eigenvalue weighted by atomic mass is 9.63. The van der Waals surface area contributed by atoms with Crippen LogP contribution in [0.4, 0.5) is 5.95 Å². The van der Waals surface area contributed by atoms with Crippen molar-refractivity contribution in [2.75, 3.05) is 31.1 Å². The highest BCUT2D eigenvalue weighted by atomic mass is 16.5. The van der Waals surface area contributed by atoms with Crippen LogP contribution < -0.4 is 20.1 Å². The second-order valence-corrected chi connectivity index (χ2v) is 11.2. The predicted octanol–water partition coefficient (Wildman–Crippen LogP) is 4.52. The second-order valence-electron chi connectivity index (χ2n) is 11.2. The Balaban J connectivity index is 1.16. The number of aromatic nitrogens is 2. The van der Waals surface area contributed by atoms with Gasteiger partial charge in [0.25, 0.3) is 0 Å². The zero-order chi connectivity index (χ0) is 26.0. The summed E-state index contributed by atoms with van der Waals surface area (Å²) >= 11 is 0. The van der Waals surface area contributed by atoms with E-state index < -0.39 is 0 Å². The van der Waals surface area contributed by atoms with Crippen molar-refractivity contribution in [1.29, 1.82) is 0 Å². The highest BCUT2D eigenvalue weighted by molar-refractivity contribution is 5.87. The Morgan fingerprint density at radius 1 is 0.973 bits per heavy atom. The molecular weight excluding hydrogens is 464 g/mol. The molecule has 7 nitrogen and oxygen atoms in total. The number of rotatable bonds is 10. The van der Waals surface area contributed by atoms with Crippen molar-refractivity contribution in [2.45, 2.75) is 45.6 Å². The fraction of sp³-hybridized carbons (Fsp3) is 0.433. The van der Waals surface area contributed by atoms with Gasteiger partial charge in [-0.05, 0) is 48.0 Å². The van der Waals surface area contributed by atoms with Crippen molar-refractivity contribution >= 4 is 11.7 Å². The Hall–Kier alpha value is -3.45. The SMILES string of the molecule is CC(CN)COc1ccc(C(C)(C)c2ccc(OCc3ccnc(N4CC5(CC(=O)C5)C4)n3)cc2)cc1. The van der Waals surface area contributed by atoms with E-state index in [0.29, 0.717) is 50.2 Å². The largest absolute Gasteiger partial charge is 0.493 e. The zero-order valence-corrected chi connectivity index (χ0v) is 21.9. The zero-order valence-electron chi connectivity index (χ0n) is 21.9. The molecule has 7 heteroatoms. The van der Waals surface area contributed by atoms with Crippen molar-refractivity contribution in [2.24, 2.45) is 17.1 Å². The molecule has 194 valence electrons. The molecular formula is C30H36N4O3. The fourth-order valence-electron chi connectivity index (χ4n) is 5.10. The Labute approximate surface area is 219 Å². The summed E-state index contributed by atoms with van der Waals surface area (Å²) in [5.74, 6) is 3.08. The number of Topliss-reactive ketones (excluding diaryl/α,β-unsaturated/α-hetero) is 1. The molecule has 5 rings (SSSR count). The third kappa shape index (κ3) is 5.47. The number of ketones is 1. The lowest BCUT2D eigenvalue weighted by Gasteiger charge is -2.54. The van der Waals surface area contributed by atoms with Crippen molar-refractivity contribution in [3.63, 3.8) is 0 Å². The van der Waals surface area contributed by atoms with Crippen LogP contribution in [-0.4, -0.2) is 42.0 Å². The standard InChI is InChI=1S/C30H36N4O3/c1-21(16-31)17-36-26-8-4-22(5-9-26)29(2,3)23-6-10-27(11-7-23)37-18-24-12-13-32-28(33-24)34-19-30(20-34)14-25(35)15-30/h4-13,21H,14-20,31H2,1-3H3. The summed E-state index contributed by atoms with van der Waals surface area (Å²) in [6, 6.07) is 18.5. The minimum atomic E-state index is -0.164. The summed E-state index contributed by atoms with van der Waals surface area (Å²) in [5.41, 5.74) is 8.95. The van der Waals surface area contributed by atoms with Crippen molar-refractivity contribution in [3.8, 4) is 11.5 Å². The summed E-state index contributed by atoms with van der Waals surface area (Å²) in [6.07, 6.45) is 3.18. The van der Waals surface area contributed by atoms with Gasteiger partial charge in [-0.2, -0.15) is 0 Å². The van der Waals surface area contributed by atoms with Gasteiger partial charge in [0.1, 0.15) is 23.9 Å². The summed E-state index contributed by atoms with van der Waals surface area (Å²) in [7, 11) is 0. The van der Waals surface area contributed by atoms with Crippen LogP contribution in [0.1, 0.15) is 50.4 Å². The topological polar surface area (TPSA) is 90.6 Å². The number of carbonyl (C=O) groups is 1. The van der Waals surface area contributed by atoms with Crippen LogP contribution in [0.15, 0.2) is 60.8 Å². The van der Waals surface area contributed by atoms with Gasteiger partial charge >= 0.3 is 0 Å². The maximum Gasteiger partial charge on any atom is 0.225 e. The number of anilines is 1. The van der Waals surface area contributed by atoms with Gasteiger partial charge in [-0.15, -0.1) is 0 Å². The Morgan fingerprint density at radius 3 is 2.14 bits per heavy atom. The smallest absolute Gasteiger partial charge is 0.225 e. The molecule has 0 bridgehead atoms. The maximum atomic E-state index is 11.4. The lowest BCUT2D eigenvalue weighted by Crippen LogP contribution is -2.63. The number of carbonyl (C=O) groups excluding carboxylic acids is 1. The molecule has 1 unspecified atom stereocenters. The molecule has 1 aromatic heterocycles. The quantitative estimate of drug-likeness (QED) is 0.438. The van der Waals surface area contributed by atoms with E-state index in [1.54, 1.807) is 6.20 Å². The van der Waals surface area contributed by atoms with E-state index in [1.807, 2.05) is 30.3 Å². The van der Waals surface area contributed by atoms with Gasteiger partial charge in [-0.1, -0.05) is 45.0 Å². The van der Waals surface area contributed by atoms with E-state index in [4.69, 9.17) is 15.2 Å². The molecule has 2 aliphatic rings. The van der Waals surface area contributed by atoms with E-state index in [2.05, 4.69) is 59.9 Å². The summed E-state index contributed by atoms with van der Waals surface area (Å²) in [6.45, 7) is 9.87. The molecule has 0 radical (unpaired) electrons. The molecule has 2 aromatic carbocycles. The normalized spacial score (nSPS) is 17.2. The molecule has 1 aliphatic heterocycles. The Morgan fingerprint density at radius 2 is 1.57 bits per heavy atom. The highest BCUT2D eigenvalue weighted by Gasteiger charge is 2.52. The lowest BCUT2D eigenvalue weighted by molar-refractivity contribution is -0.134. The first kappa shape index (κ1) is 25.2. The minimum Gasteiger partial charge on any atom is -0.493 e. The molecule has 1 atom stereocenters. The molecule has 37 heavy (non-hydrogen) atoms. The molecule has 2 N–H and O–H groups in total. The average Bonchev–Trinajstić information content (AvgIpc) is 2.88. The molecule has 2 fully saturated rings. The van der Waals surface area contributed by atoms with Crippen molar-refractivity contribution in [3.05, 3.63) is 77.6 Å². The van der Waals surface area contributed by atoms with E-state index in [9.17, 15) is 4.79 Å². The number of ether oxygens (including phenoxy) is 2. The summed E-state index contributed by atoms with van der Waals surface area (Å²) in [4.78, 5) is 22.6. The van der Waals surface area contributed by atoms with Crippen LogP contribution in [0.3, 0.4) is 0 Å². The molecule has 1 spiro atoms. The fourth-order valence-corrected chi connectivity index (χ4v) is 5.10. The predicted molar refractivity (Wildman–Crippen MR) is 144 cm³/mol. The summed E-state index contributed by atoms with van der Waals surface area (Å²) in [5, 5.41) is 0. The van der Waals surface area contributed by atoms with Gasteiger partial charge in [0, 0.05) is 48.9 Å². The number of hydrogen-bond acceptors (Lipinski definition) is 7. The first-order chi connectivity index (χ1) is 17.8. The monoisotopic (exact) mass is 500 g/mol. The Kier molecular flexibility index (Phi) is 6.90. The van der Waals surface area contributed by atoms with Crippen LogP contribution in [0.25, 0.3) is 0 Å². The number of hydrogen-bond donors (Lipinski definition) is 1. The molecule has 0 amide bonds. The first-order valence-electron chi connectivity index (χ1n) is 13.0. The van der Waals surface area contributed by atoms with Gasteiger partial charge in [-0.25, -0.2) is 9.97 Å². The van der Waals surface area contributed by atoms with Crippen LogP contribution in [-0.2, 0) is 16.8 Å². The second kappa shape index (κ2) is 10.1. The van der Waals surface area contributed by atoms with Crippen LogP contribution in [0.5, 0.6) is 11.5 Å². The minimum absolute atomic E-state index is 0.164. The Bertz CT molecular complexity index is 1220. The molecule has 1 saturated carbocycles. The maximum absolute atomic E-state index is 11.4. The van der Waals surface area contributed by atoms with Crippen molar-refractivity contribution in [1.82, 2.24) is 9.97 Å².